The van der Waals surface area contributed by atoms with Gasteiger partial charge in [0.05, 0.1) is 11.9 Å². The molecule has 1 saturated heterocycles. The van der Waals surface area contributed by atoms with Gasteiger partial charge >= 0.3 is 6.16 Å². The number of ether oxygens (including phenoxy) is 2. The number of carbonyl (C=O) groups is 1. The van der Waals surface area contributed by atoms with E-state index in [4.69, 9.17) is 9.47 Å². The van der Waals surface area contributed by atoms with Crippen molar-refractivity contribution in [2.24, 2.45) is 0 Å². The first-order valence-corrected chi connectivity index (χ1v) is 7.34. The second kappa shape index (κ2) is 6.28. The van der Waals surface area contributed by atoms with Crippen LogP contribution in [0.4, 0.5) is 10.7 Å². The van der Waals surface area contributed by atoms with Gasteiger partial charge in [-0.2, -0.15) is 0 Å². The molecule has 6 heteroatoms. The standard InChI is InChI=1S/C15H23N3O3/c1-11-12(20-14(19)21-15(2,3)4)10-16-13(17-11)18-8-6-5-7-9-18/h10H,5-9H2,1-4H3. The van der Waals surface area contributed by atoms with E-state index in [9.17, 15) is 4.79 Å². The molecule has 0 bridgehead atoms. The quantitative estimate of drug-likeness (QED) is 0.781. The minimum absolute atomic E-state index is 0.338. The average Bonchev–Trinajstić information content (AvgIpc) is 2.40. The molecule has 2 rings (SSSR count). The van der Waals surface area contributed by atoms with Crippen molar-refractivity contribution in [3.63, 3.8) is 0 Å². The Bertz CT molecular complexity index is 505. The van der Waals surface area contributed by atoms with Gasteiger partial charge < -0.3 is 14.4 Å². The summed E-state index contributed by atoms with van der Waals surface area (Å²) in [5, 5.41) is 0. The number of carbonyl (C=O) groups excluding carboxylic acids is 1. The Morgan fingerprint density at radius 3 is 2.48 bits per heavy atom. The van der Waals surface area contributed by atoms with E-state index in [-0.39, 0.29) is 0 Å². The van der Waals surface area contributed by atoms with Crippen LogP contribution in [0.25, 0.3) is 0 Å². The largest absolute Gasteiger partial charge is 0.514 e. The lowest BCUT2D eigenvalue weighted by Gasteiger charge is -2.26. The van der Waals surface area contributed by atoms with Gasteiger partial charge in [0.25, 0.3) is 0 Å². The van der Waals surface area contributed by atoms with Crippen LogP contribution in [0.2, 0.25) is 0 Å². The molecule has 1 aromatic rings. The van der Waals surface area contributed by atoms with Gasteiger partial charge in [-0.1, -0.05) is 0 Å². The smallest absolute Gasteiger partial charge is 0.428 e. The monoisotopic (exact) mass is 293 g/mol. The van der Waals surface area contributed by atoms with Gasteiger partial charge in [-0.05, 0) is 47.0 Å². The molecule has 1 fully saturated rings. The Kier molecular flexibility index (Phi) is 4.65. The molecule has 0 radical (unpaired) electrons. The summed E-state index contributed by atoms with van der Waals surface area (Å²) in [4.78, 5) is 22.5. The van der Waals surface area contributed by atoms with Crippen molar-refractivity contribution in [2.45, 2.75) is 52.6 Å². The molecule has 2 heterocycles. The maximum absolute atomic E-state index is 11.7. The second-order valence-corrected chi connectivity index (χ2v) is 6.23. The fraction of sp³-hybridized carbons (Fsp3) is 0.667. The van der Waals surface area contributed by atoms with Crippen LogP contribution in [0.15, 0.2) is 6.20 Å². The summed E-state index contributed by atoms with van der Waals surface area (Å²) in [6.45, 7) is 9.12. The van der Waals surface area contributed by atoms with Gasteiger partial charge in [-0.25, -0.2) is 14.8 Å². The third-order valence-electron chi connectivity index (χ3n) is 3.14. The van der Waals surface area contributed by atoms with Gasteiger partial charge in [0.15, 0.2) is 5.75 Å². The van der Waals surface area contributed by atoms with Gasteiger partial charge in [0, 0.05) is 13.1 Å². The first-order valence-electron chi connectivity index (χ1n) is 7.34. The minimum Gasteiger partial charge on any atom is -0.428 e. The molecule has 0 amide bonds. The van der Waals surface area contributed by atoms with E-state index >= 15 is 0 Å². The van der Waals surface area contributed by atoms with E-state index in [1.54, 1.807) is 27.7 Å². The molecule has 1 aliphatic rings. The molecule has 0 saturated carbocycles. The molecule has 0 unspecified atom stereocenters. The summed E-state index contributed by atoms with van der Waals surface area (Å²) in [5.41, 5.74) is 0.0518. The lowest BCUT2D eigenvalue weighted by atomic mass is 10.1. The molecular formula is C15H23N3O3. The summed E-state index contributed by atoms with van der Waals surface area (Å²) >= 11 is 0. The molecule has 6 nitrogen and oxygen atoms in total. The molecule has 0 aliphatic carbocycles. The lowest BCUT2D eigenvalue weighted by molar-refractivity contribution is 0.0203. The maximum atomic E-state index is 11.7. The lowest BCUT2D eigenvalue weighted by Crippen LogP contribution is -2.31. The van der Waals surface area contributed by atoms with Crippen molar-refractivity contribution in [3.05, 3.63) is 11.9 Å². The minimum atomic E-state index is -0.736. The average molecular weight is 293 g/mol. The van der Waals surface area contributed by atoms with Gasteiger partial charge in [-0.3, -0.25) is 0 Å². The summed E-state index contributed by atoms with van der Waals surface area (Å²) in [6.07, 6.45) is 4.39. The van der Waals surface area contributed by atoms with Crippen molar-refractivity contribution in [1.29, 1.82) is 0 Å². The third-order valence-corrected chi connectivity index (χ3v) is 3.14. The molecule has 1 aromatic heterocycles. The van der Waals surface area contributed by atoms with Crippen molar-refractivity contribution in [3.8, 4) is 5.75 Å². The Morgan fingerprint density at radius 2 is 1.90 bits per heavy atom. The Balaban J connectivity index is 2.03. The van der Waals surface area contributed by atoms with E-state index in [2.05, 4.69) is 14.9 Å². The summed E-state index contributed by atoms with van der Waals surface area (Å²) in [6, 6.07) is 0. The highest BCUT2D eigenvalue weighted by Gasteiger charge is 2.20. The van der Waals surface area contributed by atoms with Crippen LogP contribution in [0, 0.1) is 6.92 Å². The predicted molar refractivity (Wildman–Crippen MR) is 79.7 cm³/mol. The first kappa shape index (κ1) is 15.5. The number of piperidine rings is 1. The molecule has 0 atom stereocenters. The summed E-state index contributed by atoms with van der Waals surface area (Å²) < 4.78 is 10.3. The van der Waals surface area contributed by atoms with Gasteiger partial charge in [-0.15, -0.1) is 0 Å². The Hall–Kier alpha value is -1.85. The van der Waals surface area contributed by atoms with Crippen LogP contribution in [0.3, 0.4) is 0 Å². The van der Waals surface area contributed by atoms with Gasteiger partial charge in [0.1, 0.15) is 5.60 Å². The van der Waals surface area contributed by atoms with Crippen molar-refractivity contribution in [1.82, 2.24) is 9.97 Å². The van der Waals surface area contributed by atoms with Crippen molar-refractivity contribution in [2.75, 3.05) is 18.0 Å². The molecule has 0 spiro atoms. The fourth-order valence-corrected chi connectivity index (χ4v) is 2.15. The zero-order valence-corrected chi connectivity index (χ0v) is 13.2. The molecule has 1 aliphatic heterocycles. The van der Waals surface area contributed by atoms with Crippen molar-refractivity contribution < 1.29 is 14.3 Å². The normalized spacial score (nSPS) is 15.7. The van der Waals surface area contributed by atoms with Gasteiger partial charge in [0.2, 0.25) is 5.95 Å². The Labute approximate surface area is 125 Å². The first-order chi connectivity index (χ1) is 9.85. The van der Waals surface area contributed by atoms with Crippen LogP contribution in [-0.2, 0) is 4.74 Å². The molecule has 116 valence electrons. The van der Waals surface area contributed by atoms with Crippen LogP contribution < -0.4 is 9.64 Å². The van der Waals surface area contributed by atoms with E-state index in [0.29, 0.717) is 17.4 Å². The topological polar surface area (TPSA) is 64.5 Å². The number of hydrogen-bond acceptors (Lipinski definition) is 6. The van der Waals surface area contributed by atoms with E-state index in [0.717, 1.165) is 13.1 Å². The maximum Gasteiger partial charge on any atom is 0.514 e. The number of aromatic nitrogens is 2. The Morgan fingerprint density at radius 1 is 1.24 bits per heavy atom. The summed E-state index contributed by atoms with van der Waals surface area (Å²) in [7, 11) is 0. The molecule has 21 heavy (non-hydrogen) atoms. The highest BCUT2D eigenvalue weighted by Crippen LogP contribution is 2.21. The van der Waals surface area contributed by atoms with Crippen LogP contribution in [0.5, 0.6) is 5.75 Å². The van der Waals surface area contributed by atoms with E-state index in [1.807, 2.05) is 0 Å². The van der Waals surface area contributed by atoms with E-state index in [1.165, 1.54) is 25.5 Å². The van der Waals surface area contributed by atoms with Crippen molar-refractivity contribution >= 4 is 12.1 Å². The zero-order valence-electron chi connectivity index (χ0n) is 13.2. The SMILES string of the molecule is Cc1nc(N2CCCCC2)ncc1OC(=O)OC(C)(C)C. The zero-order chi connectivity index (χ0) is 15.5. The molecular weight excluding hydrogens is 270 g/mol. The number of hydrogen-bond donors (Lipinski definition) is 0. The molecule has 0 aromatic carbocycles. The predicted octanol–water partition coefficient (Wildman–Crippen LogP) is 3.09. The number of rotatable bonds is 2. The third kappa shape index (κ3) is 4.58. The van der Waals surface area contributed by atoms with Crippen LogP contribution >= 0.6 is 0 Å². The highest BCUT2D eigenvalue weighted by molar-refractivity contribution is 5.64. The number of aryl methyl sites for hydroxylation is 1. The highest BCUT2D eigenvalue weighted by atomic mass is 16.7. The number of nitrogens with zero attached hydrogens (tertiary/aromatic N) is 3. The second-order valence-electron chi connectivity index (χ2n) is 6.23. The van der Waals surface area contributed by atoms with Crippen LogP contribution in [0.1, 0.15) is 45.7 Å². The fourth-order valence-electron chi connectivity index (χ4n) is 2.15. The summed E-state index contributed by atoms with van der Waals surface area (Å²) in [5.74, 6) is 1.04. The molecule has 0 N–H and O–H groups in total. The number of anilines is 1. The van der Waals surface area contributed by atoms with E-state index < -0.39 is 11.8 Å². The van der Waals surface area contributed by atoms with Crippen LogP contribution in [-0.4, -0.2) is 34.8 Å².